The molecule has 0 aliphatic rings. The van der Waals surface area contributed by atoms with Crippen molar-refractivity contribution < 1.29 is 28.6 Å². The van der Waals surface area contributed by atoms with Crippen molar-refractivity contribution >= 4 is 17.9 Å². The van der Waals surface area contributed by atoms with Gasteiger partial charge in [0, 0.05) is 19.6 Å². The molecule has 204 valence electrons. The summed E-state index contributed by atoms with van der Waals surface area (Å²) < 4.78 is 17.5. The topological polar surface area (TPSA) is 145 Å². The first-order valence-corrected chi connectivity index (χ1v) is 12.2. The summed E-state index contributed by atoms with van der Waals surface area (Å²) in [6, 6.07) is 0. The first-order chi connectivity index (χ1) is 16.8. The number of carbonyl (C=O) groups is 3. The lowest BCUT2D eigenvalue weighted by atomic mass is 10.2. The molecule has 0 saturated carbocycles. The smallest absolute Gasteiger partial charge is 0.336 e. The molecule has 1 rings (SSSR count). The number of carbonyl (C=O) groups excluding carboxylic acids is 3. The second-order valence-corrected chi connectivity index (χ2v) is 9.78. The fourth-order valence-electron chi connectivity index (χ4n) is 2.86. The van der Waals surface area contributed by atoms with Gasteiger partial charge in [-0.05, 0) is 17.8 Å². The SMILES string of the molecule is CC(C)COC(=O)CCn1c(=O)n(CCC(=O)OCC(C)C)c(=O)n(CCC(=O)OCC(C)C)c1=O. The number of esters is 3. The lowest BCUT2D eigenvalue weighted by Gasteiger charge is -2.14. The van der Waals surface area contributed by atoms with Crippen LogP contribution in [0, 0.1) is 17.8 Å². The zero-order valence-corrected chi connectivity index (χ0v) is 22.1. The molecule has 1 aromatic rings. The third kappa shape index (κ3) is 10.6. The molecule has 0 unspecified atom stereocenters. The summed E-state index contributed by atoms with van der Waals surface area (Å²) in [6.45, 7) is 10.8. The van der Waals surface area contributed by atoms with Crippen LogP contribution < -0.4 is 17.1 Å². The van der Waals surface area contributed by atoms with Gasteiger partial charge in [0.15, 0.2) is 0 Å². The Kier molecular flexibility index (Phi) is 12.9. The Hall–Kier alpha value is -3.18. The molecule has 0 fully saturated rings. The van der Waals surface area contributed by atoms with Gasteiger partial charge in [-0.25, -0.2) is 28.1 Å². The van der Waals surface area contributed by atoms with Gasteiger partial charge in [0.05, 0.1) is 39.1 Å². The number of hydrogen-bond donors (Lipinski definition) is 0. The Morgan fingerprint density at radius 3 is 0.944 bits per heavy atom. The van der Waals surface area contributed by atoms with E-state index >= 15 is 0 Å². The molecule has 0 N–H and O–H groups in total. The molecule has 0 saturated heterocycles. The van der Waals surface area contributed by atoms with E-state index in [1.165, 1.54) is 0 Å². The summed E-state index contributed by atoms with van der Waals surface area (Å²) in [4.78, 5) is 74.9. The van der Waals surface area contributed by atoms with Crippen molar-refractivity contribution in [3.8, 4) is 0 Å². The fraction of sp³-hybridized carbons (Fsp3) is 0.750. The Morgan fingerprint density at radius 1 is 0.528 bits per heavy atom. The summed E-state index contributed by atoms with van der Waals surface area (Å²) in [6.07, 6.45) is -0.813. The zero-order valence-electron chi connectivity index (χ0n) is 22.1. The number of aromatic nitrogens is 3. The Labute approximate surface area is 210 Å². The quantitative estimate of drug-likeness (QED) is 0.247. The average molecular weight is 514 g/mol. The van der Waals surface area contributed by atoms with Gasteiger partial charge in [0.2, 0.25) is 0 Å². The molecule has 0 aliphatic carbocycles. The predicted molar refractivity (Wildman–Crippen MR) is 130 cm³/mol. The van der Waals surface area contributed by atoms with Crippen LogP contribution in [0.4, 0.5) is 0 Å². The highest BCUT2D eigenvalue weighted by molar-refractivity contribution is 5.70. The molecule has 36 heavy (non-hydrogen) atoms. The minimum Gasteiger partial charge on any atom is -0.465 e. The van der Waals surface area contributed by atoms with Crippen LogP contribution in [0.15, 0.2) is 14.4 Å². The second kappa shape index (κ2) is 15.0. The van der Waals surface area contributed by atoms with E-state index in [1.54, 1.807) is 0 Å². The number of rotatable bonds is 15. The molecule has 0 spiro atoms. The van der Waals surface area contributed by atoms with E-state index < -0.39 is 35.0 Å². The molecule has 12 heteroatoms. The van der Waals surface area contributed by atoms with Crippen molar-refractivity contribution in [2.45, 2.75) is 80.4 Å². The van der Waals surface area contributed by atoms with Gasteiger partial charge in [0.25, 0.3) is 0 Å². The molecular weight excluding hydrogens is 474 g/mol. The summed E-state index contributed by atoms with van der Waals surface area (Å²) in [7, 11) is 0. The summed E-state index contributed by atoms with van der Waals surface area (Å²) in [5, 5.41) is 0. The standard InChI is InChI=1S/C24H39N3O9/c1-16(2)13-34-19(28)7-10-25-22(31)26(11-8-20(29)35-14-17(3)4)24(33)27(23(25)32)12-9-21(30)36-15-18(5)6/h16-18H,7-15H2,1-6H3. The third-order valence-electron chi connectivity index (χ3n) is 4.74. The number of hydrogen-bond acceptors (Lipinski definition) is 9. The van der Waals surface area contributed by atoms with Gasteiger partial charge < -0.3 is 14.2 Å². The maximum absolute atomic E-state index is 13.0. The van der Waals surface area contributed by atoms with Crippen LogP contribution in [-0.2, 0) is 48.2 Å². The van der Waals surface area contributed by atoms with Gasteiger partial charge in [0.1, 0.15) is 0 Å². The van der Waals surface area contributed by atoms with Crippen LogP contribution in [0.25, 0.3) is 0 Å². The Balaban J connectivity index is 3.20. The van der Waals surface area contributed by atoms with E-state index in [-0.39, 0.29) is 76.5 Å². The molecule has 0 aromatic carbocycles. The van der Waals surface area contributed by atoms with Crippen molar-refractivity contribution in [2.24, 2.45) is 17.8 Å². The van der Waals surface area contributed by atoms with E-state index in [0.717, 1.165) is 13.7 Å². The van der Waals surface area contributed by atoms with Crippen LogP contribution in [0.5, 0.6) is 0 Å². The summed E-state index contributed by atoms with van der Waals surface area (Å²) in [5.41, 5.74) is -2.88. The van der Waals surface area contributed by atoms with E-state index in [2.05, 4.69) is 0 Å². The van der Waals surface area contributed by atoms with Crippen LogP contribution in [0.2, 0.25) is 0 Å². The Bertz CT molecular complexity index is 900. The van der Waals surface area contributed by atoms with Gasteiger partial charge in [-0.3, -0.25) is 14.4 Å². The van der Waals surface area contributed by atoms with Crippen molar-refractivity contribution in [3.63, 3.8) is 0 Å². The van der Waals surface area contributed by atoms with Crippen LogP contribution in [-0.4, -0.2) is 51.4 Å². The number of ether oxygens (including phenoxy) is 3. The minimum absolute atomic E-state index is 0.113. The molecule has 0 radical (unpaired) electrons. The van der Waals surface area contributed by atoms with E-state index in [9.17, 15) is 28.8 Å². The largest absolute Gasteiger partial charge is 0.465 e. The predicted octanol–water partition coefficient (Wildman–Crippen LogP) is 0.940. The molecule has 0 aliphatic heterocycles. The highest BCUT2D eigenvalue weighted by Gasteiger charge is 2.19. The monoisotopic (exact) mass is 513 g/mol. The Morgan fingerprint density at radius 2 is 0.750 bits per heavy atom. The maximum atomic E-state index is 13.0. The summed E-state index contributed by atoms with van der Waals surface area (Å²) in [5.74, 6) is -1.47. The van der Waals surface area contributed by atoms with Crippen LogP contribution in [0.3, 0.4) is 0 Å². The van der Waals surface area contributed by atoms with Crippen LogP contribution in [0.1, 0.15) is 60.8 Å². The highest BCUT2D eigenvalue weighted by atomic mass is 16.5. The number of nitrogens with zero attached hydrogens (tertiary/aromatic N) is 3. The first kappa shape index (κ1) is 30.9. The van der Waals surface area contributed by atoms with Gasteiger partial charge in [-0.15, -0.1) is 0 Å². The van der Waals surface area contributed by atoms with Crippen molar-refractivity contribution in [1.82, 2.24) is 13.7 Å². The lowest BCUT2D eigenvalue weighted by molar-refractivity contribution is -0.145. The fourth-order valence-corrected chi connectivity index (χ4v) is 2.86. The van der Waals surface area contributed by atoms with E-state index in [0.29, 0.717) is 0 Å². The maximum Gasteiger partial charge on any atom is 0.336 e. The normalized spacial score (nSPS) is 11.2. The molecule has 0 bridgehead atoms. The van der Waals surface area contributed by atoms with Crippen molar-refractivity contribution in [3.05, 3.63) is 31.5 Å². The minimum atomic E-state index is -0.961. The lowest BCUT2D eigenvalue weighted by Crippen LogP contribution is -2.55. The molecule has 0 atom stereocenters. The molecule has 12 nitrogen and oxygen atoms in total. The third-order valence-corrected chi connectivity index (χ3v) is 4.74. The van der Waals surface area contributed by atoms with Crippen LogP contribution >= 0.6 is 0 Å². The molecule has 0 amide bonds. The molecule has 1 heterocycles. The molecule has 1 aromatic heterocycles. The van der Waals surface area contributed by atoms with E-state index in [1.807, 2.05) is 41.5 Å². The average Bonchev–Trinajstić information content (AvgIpc) is 2.79. The summed E-state index contributed by atoms with van der Waals surface area (Å²) >= 11 is 0. The molecular formula is C24H39N3O9. The van der Waals surface area contributed by atoms with Gasteiger partial charge in [-0.1, -0.05) is 41.5 Å². The van der Waals surface area contributed by atoms with Gasteiger partial charge in [-0.2, -0.15) is 0 Å². The van der Waals surface area contributed by atoms with Crippen molar-refractivity contribution in [2.75, 3.05) is 19.8 Å². The second-order valence-electron chi connectivity index (χ2n) is 9.78. The van der Waals surface area contributed by atoms with E-state index in [4.69, 9.17) is 14.2 Å². The van der Waals surface area contributed by atoms with Gasteiger partial charge >= 0.3 is 35.0 Å². The zero-order chi connectivity index (χ0) is 27.4. The van der Waals surface area contributed by atoms with Crippen molar-refractivity contribution in [1.29, 1.82) is 0 Å². The first-order valence-electron chi connectivity index (χ1n) is 12.2. The highest BCUT2D eigenvalue weighted by Crippen LogP contribution is 1.99.